The molecule has 1 aromatic heterocycles. The van der Waals surface area contributed by atoms with E-state index >= 15 is 0 Å². The first kappa shape index (κ1) is 15.5. The molecule has 1 aromatic carbocycles. The standard InChI is InChI=1S/C18H21N3O2/c1-19-11-14-8-10-21(13-14)18(22)16-6-2-3-7-17(16)23-15-5-4-9-20-12-15/h2-7,9,12,14,19H,8,10-11,13H2,1H3. The van der Waals surface area contributed by atoms with Gasteiger partial charge in [-0.1, -0.05) is 12.1 Å². The largest absolute Gasteiger partial charge is 0.455 e. The topological polar surface area (TPSA) is 54.5 Å². The summed E-state index contributed by atoms with van der Waals surface area (Å²) < 4.78 is 5.84. The number of benzene rings is 1. The van der Waals surface area contributed by atoms with Gasteiger partial charge in [-0.15, -0.1) is 0 Å². The van der Waals surface area contributed by atoms with Crippen molar-refractivity contribution in [2.24, 2.45) is 5.92 Å². The van der Waals surface area contributed by atoms with Crippen LogP contribution < -0.4 is 10.1 Å². The summed E-state index contributed by atoms with van der Waals surface area (Å²) in [6.45, 7) is 2.53. The molecule has 120 valence electrons. The predicted octanol–water partition coefficient (Wildman–Crippen LogP) is 2.56. The van der Waals surface area contributed by atoms with Crippen LogP contribution in [0.4, 0.5) is 0 Å². The van der Waals surface area contributed by atoms with Crippen LogP contribution in [0.1, 0.15) is 16.8 Å². The molecule has 1 aliphatic heterocycles. The van der Waals surface area contributed by atoms with Gasteiger partial charge in [0.05, 0.1) is 11.8 Å². The number of para-hydroxylation sites is 1. The molecule has 1 fully saturated rings. The lowest BCUT2D eigenvalue weighted by Gasteiger charge is -2.18. The molecule has 2 aromatic rings. The fourth-order valence-electron chi connectivity index (χ4n) is 2.91. The SMILES string of the molecule is CNCC1CCN(C(=O)c2ccccc2Oc2cccnc2)C1. The summed E-state index contributed by atoms with van der Waals surface area (Å²) in [5.74, 6) is 1.75. The van der Waals surface area contributed by atoms with Crippen molar-refractivity contribution >= 4 is 5.91 Å². The molecule has 1 atom stereocenters. The Morgan fingerprint density at radius 3 is 3.00 bits per heavy atom. The van der Waals surface area contributed by atoms with E-state index in [1.807, 2.05) is 48.3 Å². The third-order valence-electron chi connectivity index (χ3n) is 4.05. The molecule has 1 amide bonds. The van der Waals surface area contributed by atoms with Crippen molar-refractivity contribution in [1.29, 1.82) is 0 Å². The maximum Gasteiger partial charge on any atom is 0.257 e. The Labute approximate surface area is 136 Å². The lowest BCUT2D eigenvalue weighted by Crippen LogP contribution is -2.30. The molecule has 0 aliphatic carbocycles. The van der Waals surface area contributed by atoms with Crippen molar-refractivity contribution in [2.45, 2.75) is 6.42 Å². The molecule has 5 nitrogen and oxygen atoms in total. The zero-order valence-electron chi connectivity index (χ0n) is 13.2. The smallest absolute Gasteiger partial charge is 0.257 e. The molecule has 1 saturated heterocycles. The molecule has 2 heterocycles. The first-order valence-corrected chi connectivity index (χ1v) is 7.88. The number of nitrogens with one attached hydrogen (secondary N) is 1. The average Bonchev–Trinajstić information content (AvgIpc) is 3.05. The molecule has 0 radical (unpaired) electrons. The molecule has 0 spiro atoms. The minimum absolute atomic E-state index is 0.0306. The molecular weight excluding hydrogens is 290 g/mol. The second-order valence-electron chi connectivity index (χ2n) is 5.75. The van der Waals surface area contributed by atoms with Gasteiger partial charge in [-0.25, -0.2) is 0 Å². The number of carbonyl (C=O) groups is 1. The second-order valence-corrected chi connectivity index (χ2v) is 5.75. The Hall–Kier alpha value is -2.40. The fourth-order valence-corrected chi connectivity index (χ4v) is 2.91. The van der Waals surface area contributed by atoms with Crippen LogP contribution in [0.15, 0.2) is 48.8 Å². The van der Waals surface area contributed by atoms with Gasteiger partial charge in [0.25, 0.3) is 5.91 Å². The Morgan fingerprint density at radius 1 is 1.35 bits per heavy atom. The predicted molar refractivity (Wildman–Crippen MR) is 88.7 cm³/mol. The van der Waals surface area contributed by atoms with E-state index in [9.17, 15) is 4.79 Å². The summed E-state index contributed by atoms with van der Waals surface area (Å²) in [4.78, 5) is 18.8. The first-order valence-electron chi connectivity index (χ1n) is 7.88. The monoisotopic (exact) mass is 311 g/mol. The minimum atomic E-state index is 0.0306. The molecule has 23 heavy (non-hydrogen) atoms. The zero-order chi connectivity index (χ0) is 16.1. The lowest BCUT2D eigenvalue weighted by molar-refractivity contribution is 0.0784. The molecule has 0 saturated carbocycles. The number of rotatable bonds is 5. The Kier molecular flexibility index (Phi) is 4.88. The number of likely N-dealkylation sites (tertiary alicyclic amines) is 1. The van der Waals surface area contributed by atoms with Crippen molar-refractivity contribution in [3.8, 4) is 11.5 Å². The normalized spacial score (nSPS) is 17.3. The van der Waals surface area contributed by atoms with Crippen LogP contribution in [0.3, 0.4) is 0 Å². The number of carbonyl (C=O) groups excluding carboxylic acids is 1. The van der Waals surface area contributed by atoms with Gasteiger partial charge in [-0.2, -0.15) is 0 Å². The quantitative estimate of drug-likeness (QED) is 0.922. The van der Waals surface area contributed by atoms with Gasteiger partial charge < -0.3 is 15.0 Å². The molecule has 1 aliphatic rings. The minimum Gasteiger partial charge on any atom is -0.455 e. The molecule has 0 bridgehead atoms. The number of amides is 1. The van der Waals surface area contributed by atoms with Crippen molar-refractivity contribution in [2.75, 3.05) is 26.7 Å². The summed E-state index contributed by atoms with van der Waals surface area (Å²) in [7, 11) is 1.95. The molecule has 3 rings (SSSR count). The number of pyridine rings is 1. The number of hydrogen-bond acceptors (Lipinski definition) is 4. The van der Waals surface area contributed by atoms with E-state index in [1.54, 1.807) is 12.4 Å². The summed E-state index contributed by atoms with van der Waals surface area (Å²) in [5, 5.41) is 3.18. The van der Waals surface area contributed by atoms with Gasteiger partial charge in [0, 0.05) is 19.3 Å². The van der Waals surface area contributed by atoms with Crippen molar-refractivity contribution in [3.05, 3.63) is 54.4 Å². The van der Waals surface area contributed by atoms with Gasteiger partial charge in [-0.3, -0.25) is 9.78 Å². The van der Waals surface area contributed by atoms with E-state index < -0.39 is 0 Å². The van der Waals surface area contributed by atoms with E-state index in [4.69, 9.17) is 4.74 Å². The summed E-state index contributed by atoms with van der Waals surface area (Å²) >= 11 is 0. The lowest BCUT2D eigenvalue weighted by atomic mass is 10.1. The van der Waals surface area contributed by atoms with Crippen LogP contribution >= 0.6 is 0 Å². The van der Waals surface area contributed by atoms with Crippen LogP contribution in [-0.4, -0.2) is 42.5 Å². The van der Waals surface area contributed by atoms with E-state index in [-0.39, 0.29) is 5.91 Å². The van der Waals surface area contributed by atoms with Crippen molar-refractivity contribution in [1.82, 2.24) is 15.2 Å². The second kappa shape index (κ2) is 7.24. The maximum atomic E-state index is 12.8. The molecule has 5 heteroatoms. The number of ether oxygens (including phenoxy) is 1. The van der Waals surface area contributed by atoms with Crippen LogP contribution in [-0.2, 0) is 0 Å². The highest BCUT2D eigenvalue weighted by Gasteiger charge is 2.28. The maximum absolute atomic E-state index is 12.8. The molecular formula is C18H21N3O2. The van der Waals surface area contributed by atoms with Crippen LogP contribution in [0.2, 0.25) is 0 Å². The fraction of sp³-hybridized carbons (Fsp3) is 0.333. The van der Waals surface area contributed by atoms with Crippen LogP contribution in [0, 0.1) is 5.92 Å². The van der Waals surface area contributed by atoms with E-state index in [1.165, 1.54) is 0 Å². The summed E-state index contributed by atoms with van der Waals surface area (Å²) in [6, 6.07) is 11.0. The molecule has 1 unspecified atom stereocenters. The third kappa shape index (κ3) is 3.68. The van der Waals surface area contributed by atoms with E-state index in [0.717, 1.165) is 26.1 Å². The summed E-state index contributed by atoms with van der Waals surface area (Å²) in [5.41, 5.74) is 0.599. The first-order chi connectivity index (χ1) is 11.3. The number of hydrogen-bond donors (Lipinski definition) is 1. The van der Waals surface area contributed by atoms with Crippen molar-refractivity contribution < 1.29 is 9.53 Å². The van der Waals surface area contributed by atoms with Gasteiger partial charge in [-0.05, 0) is 50.2 Å². The highest BCUT2D eigenvalue weighted by atomic mass is 16.5. The van der Waals surface area contributed by atoms with E-state index in [0.29, 0.717) is 23.0 Å². The van der Waals surface area contributed by atoms with Crippen LogP contribution in [0.5, 0.6) is 11.5 Å². The zero-order valence-corrected chi connectivity index (χ0v) is 13.2. The van der Waals surface area contributed by atoms with E-state index in [2.05, 4.69) is 10.3 Å². The molecule has 1 N–H and O–H groups in total. The Morgan fingerprint density at radius 2 is 2.22 bits per heavy atom. The van der Waals surface area contributed by atoms with Gasteiger partial charge in [0.15, 0.2) is 0 Å². The van der Waals surface area contributed by atoms with Gasteiger partial charge in [0.1, 0.15) is 11.5 Å². The third-order valence-corrected chi connectivity index (χ3v) is 4.05. The number of nitrogens with zero attached hydrogens (tertiary/aromatic N) is 2. The van der Waals surface area contributed by atoms with Crippen molar-refractivity contribution in [3.63, 3.8) is 0 Å². The Balaban J connectivity index is 1.76. The average molecular weight is 311 g/mol. The number of aromatic nitrogens is 1. The summed E-state index contributed by atoms with van der Waals surface area (Å²) in [6.07, 6.45) is 4.37. The van der Waals surface area contributed by atoms with Gasteiger partial charge in [0.2, 0.25) is 0 Å². The van der Waals surface area contributed by atoms with Crippen LogP contribution in [0.25, 0.3) is 0 Å². The van der Waals surface area contributed by atoms with Gasteiger partial charge >= 0.3 is 0 Å². The highest BCUT2D eigenvalue weighted by molar-refractivity contribution is 5.97. The Bertz CT molecular complexity index is 660. The highest BCUT2D eigenvalue weighted by Crippen LogP contribution is 2.27.